The number of hydrogen-bond acceptors (Lipinski definition) is 2. The van der Waals surface area contributed by atoms with Crippen molar-refractivity contribution in [2.24, 2.45) is 0 Å². The molecule has 6 aromatic carbocycles. The summed E-state index contributed by atoms with van der Waals surface area (Å²) >= 11 is 0. The number of anilines is 4. The zero-order chi connectivity index (χ0) is 34.2. The van der Waals surface area contributed by atoms with E-state index in [1.807, 2.05) is 0 Å². The van der Waals surface area contributed by atoms with Gasteiger partial charge in [-0.1, -0.05) is 129 Å². The van der Waals surface area contributed by atoms with Crippen LogP contribution in [0.5, 0.6) is 0 Å². The van der Waals surface area contributed by atoms with Gasteiger partial charge in [0.2, 0.25) is 0 Å². The number of fused-ring (bicyclic) bond motifs is 6. The molecule has 2 heteroatoms. The summed E-state index contributed by atoms with van der Waals surface area (Å²) in [5.41, 5.74) is 15.5. The van der Waals surface area contributed by atoms with Crippen molar-refractivity contribution in [1.29, 1.82) is 0 Å². The Hall–Kier alpha value is -5.34. The second-order valence-electron chi connectivity index (χ2n) is 15.5. The summed E-state index contributed by atoms with van der Waals surface area (Å²) in [5, 5.41) is 2.59. The third kappa shape index (κ3) is 4.76. The van der Waals surface area contributed by atoms with Gasteiger partial charge in [-0.15, -0.1) is 0 Å². The normalized spacial score (nSPS) is 18.2. The molecule has 9 rings (SSSR count). The molecule has 0 bridgehead atoms. The van der Waals surface area contributed by atoms with Crippen molar-refractivity contribution in [2.45, 2.75) is 64.5 Å². The number of rotatable bonds is 4. The molecule has 246 valence electrons. The van der Waals surface area contributed by atoms with E-state index in [1.165, 1.54) is 78.0 Å². The highest BCUT2D eigenvalue weighted by atomic mass is 15.2. The van der Waals surface area contributed by atoms with Gasteiger partial charge in [0, 0.05) is 39.6 Å². The first kappa shape index (κ1) is 30.7. The molecule has 2 aliphatic heterocycles. The van der Waals surface area contributed by atoms with Gasteiger partial charge in [0.25, 0.3) is 0 Å². The maximum atomic E-state index is 2.56. The van der Waals surface area contributed by atoms with Gasteiger partial charge in [0.1, 0.15) is 0 Å². The molecule has 50 heavy (non-hydrogen) atoms. The fourth-order valence-corrected chi connectivity index (χ4v) is 8.88. The Labute approximate surface area is 297 Å². The molecule has 0 amide bonds. The van der Waals surface area contributed by atoms with Gasteiger partial charge in [-0.05, 0) is 114 Å². The average Bonchev–Trinajstić information content (AvgIpc) is 3.35. The molecule has 1 atom stereocenters. The molecule has 1 unspecified atom stereocenters. The van der Waals surface area contributed by atoms with Crippen LogP contribution in [-0.4, -0.2) is 11.6 Å². The molecule has 3 aliphatic rings. The molecule has 0 spiro atoms. The lowest BCUT2D eigenvalue weighted by molar-refractivity contribution is 0.619. The van der Waals surface area contributed by atoms with Crippen LogP contribution in [0.25, 0.3) is 40.1 Å². The van der Waals surface area contributed by atoms with E-state index in [0.717, 1.165) is 12.8 Å². The SMILES string of the molecule is CC1CCc2ccccc2N1c1cccc2c(C=Cc3ccc4c(c3)C(C)(C)c3cc(N5c6ccccc6C=CC5(C)C)ccc3-4)cccc12. The topological polar surface area (TPSA) is 6.48 Å². The van der Waals surface area contributed by atoms with E-state index in [2.05, 4.69) is 190 Å². The van der Waals surface area contributed by atoms with Crippen molar-refractivity contribution >= 4 is 51.8 Å². The number of para-hydroxylation sites is 2. The monoisotopic (exact) mass is 648 g/mol. The Morgan fingerprint density at radius 3 is 2.20 bits per heavy atom. The quantitative estimate of drug-likeness (QED) is 0.176. The third-order valence-electron chi connectivity index (χ3n) is 11.5. The van der Waals surface area contributed by atoms with Crippen LogP contribution < -0.4 is 9.80 Å². The minimum atomic E-state index is -0.130. The van der Waals surface area contributed by atoms with Crippen LogP contribution in [0.3, 0.4) is 0 Å². The third-order valence-corrected chi connectivity index (χ3v) is 11.5. The van der Waals surface area contributed by atoms with Gasteiger partial charge in [-0.25, -0.2) is 0 Å². The van der Waals surface area contributed by atoms with Crippen molar-refractivity contribution in [3.63, 3.8) is 0 Å². The summed E-state index contributed by atoms with van der Waals surface area (Å²) in [4.78, 5) is 5.05. The highest BCUT2D eigenvalue weighted by Crippen LogP contribution is 2.51. The summed E-state index contributed by atoms with van der Waals surface area (Å²) in [7, 11) is 0. The Bertz CT molecular complexity index is 2370. The lowest BCUT2D eigenvalue weighted by Crippen LogP contribution is -2.40. The molecule has 2 heterocycles. The van der Waals surface area contributed by atoms with Gasteiger partial charge < -0.3 is 9.80 Å². The smallest absolute Gasteiger partial charge is 0.0580 e. The summed E-state index contributed by atoms with van der Waals surface area (Å²) in [5.74, 6) is 0. The van der Waals surface area contributed by atoms with Crippen LogP contribution in [-0.2, 0) is 11.8 Å². The number of nitrogens with zero attached hydrogens (tertiary/aromatic N) is 2. The summed E-state index contributed by atoms with van der Waals surface area (Å²) in [6.07, 6.45) is 11.5. The first-order valence-corrected chi connectivity index (χ1v) is 18.2. The zero-order valence-electron chi connectivity index (χ0n) is 29.7. The molecule has 2 nitrogen and oxygen atoms in total. The average molecular weight is 649 g/mol. The fraction of sp³-hybridized carbons (Fsp3) is 0.208. The molecular formula is C48H44N2. The lowest BCUT2D eigenvalue weighted by Gasteiger charge is -2.42. The molecule has 6 aromatic rings. The minimum Gasteiger partial charge on any atom is -0.338 e. The molecule has 0 saturated heterocycles. The van der Waals surface area contributed by atoms with Crippen molar-refractivity contribution in [2.75, 3.05) is 9.80 Å². The van der Waals surface area contributed by atoms with E-state index in [1.54, 1.807) is 0 Å². The molecule has 0 saturated carbocycles. The second kappa shape index (κ2) is 11.4. The lowest BCUT2D eigenvalue weighted by atomic mass is 9.81. The Kier molecular flexibility index (Phi) is 6.97. The Morgan fingerprint density at radius 2 is 1.34 bits per heavy atom. The second-order valence-corrected chi connectivity index (χ2v) is 15.5. The van der Waals surface area contributed by atoms with Gasteiger partial charge in [-0.2, -0.15) is 0 Å². The highest BCUT2D eigenvalue weighted by molar-refractivity contribution is 6.02. The van der Waals surface area contributed by atoms with E-state index in [-0.39, 0.29) is 11.0 Å². The van der Waals surface area contributed by atoms with Crippen LogP contribution in [0.15, 0.2) is 127 Å². The van der Waals surface area contributed by atoms with E-state index in [0.29, 0.717) is 6.04 Å². The number of aryl methyl sites for hydroxylation is 1. The highest BCUT2D eigenvalue weighted by Gasteiger charge is 2.38. The van der Waals surface area contributed by atoms with E-state index in [4.69, 9.17) is 0 Å². The van der Waals surface area contributed by atoms with Gasteiger partial charge in [0.15, 0.2) is 0 Å². The molecule has 1 aliphatic carbocycles. The van der Waals surface area contributed by atoms with Crippen LogP contribution in [0.4, 0.5) is 22.7 Å². The predicted octanol–water partition coefficient (Wildman–Crippen LogP) is 12.7. The van der Waals surface area contributed by atoms with Crippen LogP contribution in [0, 0.1) is 0 Å². The maximum absolute atomic E-state index is 2.56. The maximum Gasteiger partial charge on any atom is 0.0580 e. The summed E-state index contributed by atoms with van der Waals surface area (Å²) in [6, 6.07) is 45.8. The summed E-state index contributed by atoms with van der Waals surface area (Å²) < 4.78 is 0. The first-order chi connectivity index (χ1) is 24.2. The molecule has 0 fully saturated rings. The minimum absolute atomic E-state index is 0.115. The van der Waals surface area contributed by atoms with E-state index in [9.17, 15) is 0 Å². The fourth-order valence-electron chi connectivity index (χ4n) is 8.88. The number of benzene rings is 6. The largest absolute Gasteiger partial charge is 0.338 e. The predicted molar refractivity (Wildman–Crippen MR) is 215 cm³/mol. The zero-order valence-corrected chi connectivity index (χ0v) is 29.7. The molecule has 0 aromatic heterocycles. The van der Waals surface area contributed by atoms with Crippen molar-refractivity contribution < 1.29 is 0 Å². The van der Waals surface area contributed by atoms with Crippen molar-refractivity contribution in [3.8, 4) is 11.1 Å². The van der Waals surface area contributed by atoms with E-state index >= 15 is 0 Å². The van der Waals surface area contributed by atoms with Crippen LogP contribution >= 0.6 is 0 Å². The van der Waals surface area contributed by atoms with Crippen molar-refractivity contribution in [1.82, 2.24) is 0 Å². The Balaban J connectivity index is 1.06. The van der Waals surface area contributed by atoms with Crippen LogP contribution in [0.2, 0.25) is 0 Å². The Morgan fingerprint density at radius 1 is 0.640 bits per heavy atom. The van der Waals surface area contributed by atoms with Gasteiger partial charge in [0.05, 0.1) is 5.54 Å². The summed E-state index contributed by atoms with van der Waals surface area (Å²) in [6.45, 7) is 11.7. The first-order valence-electron chi connectivity index (χ1n) is 18.2. The van der Waals surface area contributed by atoms with Gasteiger partial charge in [-0.3, -0.25) is 0 Å². The van der Waals surface area contributed by atoms with Crippen molar-refractivity contribution in [3.05, 3.63) is 161 Å². The van der Waals surface area contributed by atoms with Gasteiger partial charge >= 0.3 is 0 Å². The van der Waals surface area contributed by atoms with E-state index < -0.39 is 0 Å². The number of hydrogen-bond donors (Lipinski definition) is 0. The van der Waals surface area contributed by atoms with Crippen LogP contribution in [0.1, 0.15) is 74.4 Å². The molecular weight excluding hydrogens is 605 g/mol. The standard InChI is InChI=1S/C48H44N2/c1-32-20-23-35-12-6-8-17-44(35)49(32)46-19-11-15-38-34(14-10-16-41(38)46)24-21-33-22-26-39-40-27-25-37(31-43(40)48(4,5)42(39)30-33)50-45-18-9-7-13-36(45)28-29-47(50,2)3/h6-19,21-22,24-32H,20,23H2,1-5H3. The molecule has 0 N–H and O–H groups in total. The molecule has 0 radical (unpaired) electrons.